The molecule has 1 atom stereocenters. The molecule has 0 saturated carbocycles. The molecule has 1 amide bonds. The molecule has 4 heterocycles. The normalized spacial score (nSPS) is 14.8. The van der Waals surface area contributed by atoms with Gasteiger partial charge in [0.2, 0.25) is 11.9 Å². The molecule has 0 spiro atoms. The maximum absolute atomic E-state index is 13.2. The van der Waals surface area contributed by atoms with Gasteiger partial charge in [-0.15, -0.1) is 0 Å². The first-order chi connectivity index (χ1) is 17.2. The van der Waals surface area contributed by atoms with Crippen molar-refractivity contribution in [1.82, 2.24) is 19.9 Å². The third kappa shape index (κ3) is 4.33. The number of hydrogen-bond acceptors (Lipinski definition) is 6. The molecule has 3 aromatic heterocycles. The second kappa shape index (κ2) is 8.96. The molecular formula is C25H20F3N7O. The summed E-state index contributed by atoms with van der Waals surface area (Å²) in [5, 5.41) is 12.9. The standard InChI is InChI=1S/C25H20F3N7O/c1-14(15-4-6-18(7-5-15)35-8-2-3-21(35)36)33-24-32-11-16(10-29)22(34-24)20-13-31-23-19(20)9-17(12-30-23)25(26,27)28/h4-7,9,11-14H,2-3,8H2,1H3,(H,30,31)(H,32,33,34). The van der Waals surface area contributed by atoms with Crippen molar-refractivity contribution in [3.63, 3.8) is 0 Å². The Morgan fingerprint density at radius 1 is 1.19 bits per heavy atom. The number of H-pyrrole nitrogens is 1. The number of anilines is 2. The van der Waals surface area contributed by atoms with Crippen LogP contribution < -0.4 is 10.2 Å². The number of hydrogen-bond donors (Lipinski definition) is 2. The van der Waals surface area contributed by atoms with Gasteiger partial charge in [-0.1, -0.05) is 12.1 Å². The average Bonchev–Trinajstić information content (AvgIpc) is 3.49. The topological polar surface area (TPSA) is 111 Å². The van der Waals surface area contributed by atoms with Gasteiger partial charge in [0, 0.05) is 42.0 Å². The lowest BCUT2D eigenvalue weighted by Crippen LogP contribution is -2.23. The van der Waals surface area contributed by atoms with E-state index in [0.717, 1.165) is 29.9 Å². The van der Waals surface area contributed by atoms with E-state index in [0.29, 0.717) is 18.5 Å². The van der Waals surface area contributed by atoms with Gasteiger partial charge in [0.15, 0.2) is 0 Å². The van der Waals surface area contributed by atoms with E-state index < -0.39 is 11.7 Å². The molecule has 11 heteroatoms. The summed E-state index contributed by atoms with van der Waals surface area (Å²) in [4.78, 5) is 29.1. The summed E-state index contributed by atoms with van der Waals surface area (Å²) in [5.41, 5.74) is 1.75. The number of nitriles is 1. The first-order valence-corrected chi connectivity index (χ1v) is 11.2. The van der Waals surface area contributed by atoms with Gasteiger partial charge in [-0.3, -0.25) is 4.79 Å². The number of carbonyl (C=O) groups is 1. The van der Waals surface area contributed by atoms with Crippen LogP contribution in [0.15, 0.2) is 48.9 Å². The number of nitrogens with one attached hydrogen (secondary N) is 2. The third-order valence-electron chi connectivity index (χ3n) is 6.15. The Morgan fingerprint density at radius 2 is 1.97 bits per heavy atom. The molecule has 8 nitrogen and oxygen atoms in total. The van der Waals surface area contributed by atoms with Crippen molar-refractivity contribution in [3.05, 3.63) is 65.6 Å². The number of rotatable bonds is 5. The third-order valence-corrected chi connectivity index (χ3v) is 6.15. The minimum absolute atomic E-state index is 0.113. The second-order valence-corrected chi connectivity index (χ2v) is 8.49. The molecule has 0 bridgehead atoms. The van der Waals surface area contributed by atoms with Crippen molar-refractivity contribution in [2.75, 3.05) is 16.8 Å². The first kappa shape index (κ1) is 23.3. The Hall–Kier alpha value is -4.46. The fourth-order valence-electron chi connectivity index (χ4n) is 4.23. The number of amides is 1. The number of halogens is 3. The van der Waals surface area contributed by atoms with Crippen molar-refractivity contribution in [2.24, 2.45) is 0 Å². The number of alkyl halides is 3. The number of carbonyl (C=O) groups excluding carboxylic acids is 1. The zero-order valence-electron chi connectivity index (χ0n) is 19.1. The van der Waals surface area contributed by atoms with Gasteiger partial charge in [-0.25, -0.2) is 15.0 Å². The van der Waals surface area contributed by atoms with E-state index in [2.05, 4.69) is 25.3 Å². The molecule has 2 N–H and O–H groups in total. The predicted octanol–water partition coefficient (Wildman–Crippen LogP) is 5.21. The molecule has 1 fully saturated rings. The summed E-state index contributed by atoms with van der Waals surface area (Å²) in [6.45, 7) is 2.62. The number of nitrogens with zero attached hydrogens (tertiary/aromatic N) is 5. The van der Waals surface area contributed by atoms with Crippen LogP contribution in [0.25, 0.3) is 22.3 Å². The zero-order valence-corrected chi connectivity index (χ0v) is 19.1. The summed E-state index contributed by atoms with van der Waals surface area (Å²) >= 11 is 0. The highest BCUT2D eigenvalue weighted by atomic mass is 19.4. The largest absolute Gasteiger partial charge is 0.417 e. The summed E-state index contributed by atoms with van der Waals surface area (Å²) in [6, 6.07) is 10.4. The van der Waals surface area contributed by atoms with E-state index >= 15 is 0 Å². The van der Waals surface area contributed by atoms with Crippen molar-refractivity contribution >= 4 is 28.6 Å². The van der Waals surface area contributed by atoms with E-state index in [1.54, 1.807) is 4.90 Å². The van der Waals surface area contributed by atoms with Gasteiger partial charge in [-0.2, -0.15) is 18.4 Å². The maximum atomic E-state index is 13.2. The van der Waals surface area contributed by atoms with Crippen molar-refractivity contribution < 1.29 is 18.0 Å². The molecule has 0 radical (unpaired) electrons. The molecule has 182 valence electrons. The SMILES string of the molecule is CC(Nc1ncc(C#N)c(-c2c[nH]c3ncc(C(F)(F)F)cc23)n1)c1ccc(N2CCCC2=O)cc1. The van der Waals surface area contributed by atoms with E-state index in [1.807, 2.05) is 37.3 Å². The van der Waals surface area contributed by atoms with Gasteiger partial charge in [0.25, 0.3) is 0 Å². The van der Waals surface area contributed by atoms with E-state index in [9.17, 15) is 23.2 Å². The second-order valence-electron chi connectivity index (χ2n) is 8.49. The minimum Gasteiger partial charge on any atom is -0.348 e. The number of aromatic nitrogens is 4. The fourth-order valence-corrected chi connectivity index (χ4v) is 4.23. The maximum Gasteiger partial charge on any atom is 0.417 e. The summed E-state index contributed by atoms with van der Waals surface area (Å²) in [5.74, 6) is 0.326. The molecule has 1 aromatic carbocycles. The fraction of sp³-hybridized carbons (Fsp3) is 0.240. The highest BCUT2D eigenvalue weighted by molar-refractivity contribution is 5.95. The summed E-state index contributed by atoms with van der Waals surface area (Å²) < 4.78 is 39.7. The zero-order chi connectivity index (χ0) is 25.4. The minimum atomic E-state index is -4.56. The Labute approximate surface area is 203 Å². The molecule has 1 saturated heterocycles. The smallest absolute Gasteiger partial charge is 0.348 e. The number of fused-ring (bicyclic) bond motifs is 1. The van der Waals surface area contributed by atoms with Crippen LogP contribution in [-0.4, -0.2) is 32.4 Å². The Balaban J connectivity index is 1.43. The lowest BCUT2D eigenvalue weighted by atomic mass is 10.1. The van der Waals surface area contributed by atoms with Crippen molar-refractivity contribution in [1.29, 1.82) is 5.26 Å². The van der Waals surface area contributed by atoms with Gasteiger partial charge in [0.05, 0.1) is 29.1 Å². The molecule has 0 aliphatic carbocycles. The molecule has 1 unspecified atom stereocenters. The number of aromatic amines is 1. The summed E-state index contributed by atoms with van der Waals surface area (Å²) in [7, 11) is 0. The first-order valence-electron chi connectivity index (χ1n) is 11.2. The van der Waals surface area contributed by atoms with Crippen LogP contribution in [0.5, 0.6) is 0 Å². The quantitative estimate of drug-likeness (QED) is 0.397. The Kier molecular flexibility index (Phi) is 5.80. The molecule has 5 rings (SSSR count). The molecular weight excluding hydrogens is 471 g/mol. The van der Waals surface area contributed by atoms with Crippen LogP contribution in [0.1, 0.15) is 42.5 Å². The van der Waals surface area contributed by atoms with Crippen LogP contribution >= 0.6 is 0 Å². The monoisotopic (exact) mass is 491 g/mol. The van der Waals surface area contributed by atoms with Crippen molar-refractivity contribution in [3.8, 4) is 17.3 Å². The number of benzene rings is 1. The Morgan fingerprint density at radius 3 is 2.64 bits per heavy atom. The Bertz CT molecular complexity index is 1490. The highest BCUT2D eigenvalue weighted by Crippen LogP contribution is 2.35. The van der Waals surface area contributed by atoms with Crippen molar-refractivity contribution in [2.45, 2.75) is 32.0 Å². The molecule has 4 aromatic rings. The van der Waals surface area contributed by atoms with Crippen LogP contribution in [0.2, 0.25) is 0 Å². The average molecular weight is 491 g/mol. The predicted molar refractivity (Wildman–Crippen MR) is 127 cm³/mol. The molecule has 1 aliphatic heterocycles. The van der Waals surface area contributed by atoms with E-state index in [4.69, 9.17) is 0 Å². The lowest BCUT2D eigenvalue weighted by molar-refractivity contribution is -0.137. The lowest BCUT2D eigenvalue weighted by Gasteiger charge is -2.18. The molecule has 1 aliphatic rings. The van der Waals surface area contributed by atoms with Crippen LogP contribution in [0, 0.1) is 11.3 Å². The van der Waals surface area contributed by atoms with E-state index in [-0.39, 0.29) is 40.2 Å². The molecule has 36 heavy (non-hydrogen) atoms. The van der Waals surface area contributed by atoms with Gasteiger partial charge in [0.1, 0.15) is 11.7 Å². The van der Waals surface area contributed by atoms with Crippen LogP contribution in [-0.2, 0) is 11.0 Å². The van der Waals surface area contributed by atoms with Gasteiger partial charge < -0.3 is 15.2 Å². The van der Waals surface area contributed by atoms with Gasteiger partial charge >= 0.3 is 6.18 Å². The van der Waals surface area contributed by atoms with E-state index in [1.165, 1.54) is 12.4 Å². The highest BCUT2D eigenvalue weighted by Gasteiger charge is 2.32. The van der Waals surface area contributed by atoms with Crippen LogP contribution in [0.4, 0.5) is 24.8 Å². The van der Waals surface area contributed by atoms with Gasteiger partial charge in [-0.05, 0) is 37.1 Å². The van der Waals surface area contributed by atoms with Crippen LogP contribution in [0.3, 0.4) is 0 Å². The summed E-state index contributed by atoms with van der Waals surface area (Å²) in [6.07, 6.45) is 0.418. The number of pyridine rings is 1.